The van der Waals surface area contributed by atoms with Crippen molar-refractivity contribution in [3.63, 3.8) is 0 Å². The zero-order valence-electron chi connectivity index (χ0n) is 9.08. The van der Waals surface area contributed by atoms with Crippen molar-refractivity contribution in [3.05, 3.63) is 20.3 Å². The zero-order valence-corrected chi connectivity index (χ0v) is 12.3. The first-order valence-electron chi connectivity index (χ1n) is 4.51. The van der Waals surface area contributed by atoms with E-state index in [0.29, 0.717) is 0 Å². The average Bonchev–Trinajstić information content (AvgIpc) is 2.45. The summed E-state index contributed by atoms with van der Waals surface area (Å²) in [4.78, 5) is 1.12. The van der Waals surface area contributed by atoms with E-state index in [2.05, 4.69) is 22.0 Å². The van der Waals surface area contributed by atoms with E-state index in [1.54, 1.807) is 11.3 Å². The molecule has 0 fully saturated rings. The van der Waals surface area contributed by atoms with Crippen molar-refractivity contribution in [2.24, 2.45) is 11.1 Å². The predicted octanol–water partition coefficient (Wildman–Crippen LogP) is 3.26. The predicted molar refractivity (Wildman–Crippen MR) is 71.8 cm³/mol. The number of rotatable bonds is 3. The first-order valence-corrected chi connectivity index (χ1v) is 6.11. The first-order chi connectivity index (χ1) is 6.38. The lowest BCUT2D eigenvalue weighted by Gasteiger charge is -2.28. The van der Waals surface area contributed by atoms with Gasteiger partial charge < -0.3 is 10.8 Å². The Kier molecular flexibility index (Phi) is 5.79. The molecule has 5 heteroatoms. The van der Waals surface area contributed by atoms with Gasteiger partial charge in [-0.1, -0.05) is 13.8 Å². The molecule has 0 spiro atoms. The molecule has 0 bridgehead atoms. The molecular weight excluding hydrogens is 298 g/mol. The fraction of sp³-hybridized carbons (Fsp3) is 0.600. The summed E-state index contributed by atoms with van der Waals surface area (Å²) in [6.45, 7) is 6.09. The Morgan fingerprint density at radius 1 is 1.60 bits per heavy atom. The molecule has 0 aliphatic carbocycles. The number of aliphatic hydroxyl groups is 1. The average molecular weight is 315 g/mol. The van der Waals surface area contributed by atoms with Gasteiger partial charge in [-0.05, 0) is 34.5 Å². The summed E-state index contributed by atoms with van der Waals surface area (Å²) in [5, 5.41) is 9.21. The molecule has 0 saturated heterocycles. The molecule has 1 rings (SSSR count). The zero-order chi connectivity index (χ0) is 10.9. The Balaban J connectivity index is 0.00000196. The molecule has 0 aliphatic heterocycles. The van der Waals surface area contributed by atoms with Gasteiger partial charge in [0.1, 0.15) is 0 Å². The van der Waals surface area contributed by atoms with E-state index in [1.165, 1.54) is 5.56 Å². The van der Waals surface area contributed by atoms with Crippen LogP contribution in [0.15, 0.2) is 9.85 Å². The molecule has 0 amide bonds. The molecule has 3 N–H and O–H groups in total. The van der Waals surface area contributed by atoms with E-state index in [9.17, 15) is 5.11 Å². The summed E-state index contributed by atoms with van der Waals surface area (Å²) < 4.78 is 1.12. The van der Waals surface area contributed by atoms with E-state index in [4.69, 9.17) is 5.73 Å². The monoisotopic (exact) mass is 313 g/mol. The van der Waals surface area contributed by atoms with E-state index in [-0.39, 0.29) is 30.5 Å². The van der Waals surface area contributed by atoms with Crippen LogP contribution in [0.4, 0.5) is 0 Å². The molecule has 88 valence electrons. The van der Waals surface area contributed by atoms with Gasteiger partial charge in [-0.25, -0.2) is 0 Å². The minimum atomic E-state index is -0.267. The second kappa shape index (κ2) is 5.64. The molecular formula is C10H17BrClNOS. The molecule has 1 aromatic rings. The number of halogens is 2. The third-order valence-corrected chi connectivity index (χ3v) is 4.65. The molecule has 0 aromatic carbocycles. The van der Waals surface area contributed by atoms with E-state index >= 15 is 0 Å². The summed E-state index contributed by atoms with van der Waals surface area (Å²) in [6, 6.07) is 1.97. The van der Waals surface area contributed by atoms with E-state index < -0.39 is 0 Å². The lowest BCUT2D eigenvalue weighted by atomic mass is 9.85. The highest BCUT2D eigenvalue weighted by Crippen LogP contribution is 2.37. The van der Waals surface area contributed by atoms with Crippen LogP contribution in [-0.4, -0.2) is 11.7 Å². The van der Waals surface area contributed by atoms with Gasteiger partial charge in [0.25, 0.3) is 0 Å². The van der Waals surface area contributed by atoms with Crippen LogP contribution < -0.4 is 5.73 Å². The minimum Gasteiger partial charge on any atom is -0.396 e. The molecule has 1 heterocycles. The summed E-state index contributed by atoms with van der Waals surface area (Å²) in [5.41, 5.74) is 7.03. The van der Waals surface area contributed by atoms with Crippen LogP contribution in [0.25, 0.3) is 0 Å². The van der Waals surface area contributed by atoms with Crippen LogP contribution >= 0.6 is 39.7 Å². The highest BCUT2D eigenvalue weighted by molar-refractivity contribution is 9.11. The van der Waals surface area contributed by atoms with Crippen LogP contribution in [-0.2, 0) is 0 Å². The van der Waals surface area contributed by atoms with Crippen molar-refractivity contribution in [2.75, 3.05) is 6.61 Å². The molecule has 0 aliphatic rings. The van der Waals surface area contributed by atoms with Crippen molar-refractivity contribution >= 4 is 39.7 Å². The number of hydrogen-bond donors (Lipinski definition) is 2. The van der Waals surface area contributed by atoms with Crippen molar-refractivity contribution in [3.8, 4) is 0 Å². The van der Waals surface area contributed by atoms with Crippen LogP contribution in [0.2, 0.25) is 0 Å². The number of nitrogens with two attached hydrogens (primary N) is 1. The fourth-order valence-corrected chi connectivity index (χ4v) is 2.90. The Hall–Kier alpha value is 0.390. The molecule has 1 atom stereocenters. The third kappa shape index (κ3) is 3.43. The van der Waals surface area contributed by atoms with Crippen LogP contribution in [0.5, 0.6) is 0 Å². The second-order valence-corrected chi connectivity index (χ2v) is 6.63. The summed E-state index contributed by atoms with van der Waals surface area (Å²) in [7, 11) is 0. The molecule has 0 unspecified atom stereocenters. The molecule has 1 aromatic heterocycles. The van der Waals surface area contributed by atoms with Gasteiger partial charge in [0.2, 0.25) is 0 Å². The van der Waals surface area contributed by atoms with Crippen LogP contribution in [0, 0.1) is 12.3 Å². The maximum absolute atomic E-state index is 9.21. The number of aryl methyl sites for hydroxylation is 1. The van der Waals surface area contributed by atoms with Crippen molar-refractivity contribution in [1.29, 1.82) is 0 Å². The van der Waals surface area contributed by atoms with Crippen molar-refractivity contribution < 1.29 is 5.11 Å². The van der Waals surface area contributed by atoms with Gasteiger partial charge in [-0.2, -0.15) is 0 Å². The van der Waals surface area contributed by atoms with Gasteiger partial charge in [-0.3, -0.25) is 0 Å². The van der Waals surface area contributed by atoms with Gasteiger partial charge in [0.05, 0.1) is 10.4 Å². The Labute approximate surface area is 109 Å². The number of thiophene rings is 1. The normalized spacial score (nSPS) is 13.5. The molecule has 0 radical (unpaired) electrons. The largest absolute Gasteiger partial charge is 0.396 e. The number of aliphatic hydroxyl groups excluding tert-OH is 1. The van der Waals surface area contributed by atoms with Crippen molar-refractivity contribution in [1.82, 2.24) is 0 Å². The Morgan fingerprint density at radius 2 is 2.13 bits per heavy atom. The maximum Gasteiger partial charge on any atom is 0.0731 e. The molecule has 15 heavy (non-hydrogen) atoms. The van der Waals surface area contributed by atoms with Gasteiger partial charge >= 0.3 is 0 Å². The molecule has 2 nitrogen and oxygen atoms in total. The molecule has 0 saturated carbocycles. The van der Waals surface area contributed by atoms with E-state index in [0.717, 1.165) is 8.66 Å². The minimum absolute atomic E-state index is 0. The smallest absolute Gasteiger partial charge is 0.0731 e. The first kappa shape index (κ1) is 15.4. The lowest BCUT2D eigenvalue weighted by molar-refractivity contribution is 0.133. The quantitative estimate of drug-likeness (QED) is 0.899. The summed E-state index contributed by atoms with van der Waals surface area (Å²) in [5.74, 6) is 0. The topological polar surface area (TPSA) is 46.2 Å². The SMILES string of the molecule is Cc1cc([C@H](N)C(C)(C)CO)sc1Br.Cl. The highest BCUT2D eigenvalue weighted by Gasteiger charge is 2.28. The Bertz CT molecular complexity index is 308. The number of hydrogen-bond acceptors (Lipinski definition) is 3. The Morgan fingerprint density at radius 3 is 2.47 bits per heavy atom. The summed E-state index contributed by atoms with van der Waals surface area (Å²) >= 11 is 5.12. The van der Waals surface area contributed by atoms with Gasteiger partial charge in [0, 0.05) is 16.3 Å². The standard InChI is InChI=1S/C10H16BrNOS.ClH/c1-6-4-7(14-9(6)11)8(12)10(2,3)5-13;/h4,8,13H,5,12H2,1-3H3;1H/t8-;/m0./s1. The van der Waals surface area contributed by atoms with Gasteiger partial charge in [0.15, 0.2) is 0 Å². The highest BCUT2D eigenvalue weighted by atomic mass is 79.9. The maximum atomic E-state index is 9.21. The fourth-order valence-electron chi connectivity index (χ4n) is 1.12. The van der Waals surface area contributed by atoms with Gasteiger partial charge in [-0.15, -0.1) is 23.7 Å². The summed E-state index contributed by atoms with van der Waals surface area (Å²) in [6.07, 6.45) is 0. The van der Waals surface area contributed by atoms with E-state index in [1.807, 2.05) is 20.8 Å². The lowest BCUT2D eigenvalue weighted by Crippen LogP contribution is -2.31. The second-order valence-electron chi connectivity index (χ2n) is 4.23. The van der Waals surface area contributed by atoms with Crippen LogP contribution in [0.3, 0.4) is 0 Å². The van der Waals surface area contributed by atoms with Crippen molar-refractivity contribution in [2.45, 2.75) is 26.8 Å². The van der Waals surface area contributed by atoms with Crippen LogP contribution in [0.1, 0.15) is 30.3 Å². The third-order valence-electron chi connectivity index (χ3n) is 2.43.